The fraction of sp³-hybridized carbons (Fsp3) is 0. The van der Waals surface area contributed by atoms with Crippen LogP contribution in [0.15, 0.2) is 35.2 Å². The molecule has 0 aromatic heterocycles. The van der Waals surface area contributed by atoms with Crippen LogP contribution in [0.3, 0.4) is 0 Å². The van der Waals surface area contributed by atoms with Gasteiger partial charge in [0.2, 0.25) is 0 Å². The number of hydrogen-bond acceptors (Lipinski definition) is 1. The van der Waals surface area contributed by atoms with Crippen molar-refractivity contribution in [2.24, 2.45) is 0 Å². The second-order valence-electron chi connectivity index (χ2n) is 1.34. The Kier molecular flexibility index (Phi) is 5.53. The molecule has 0 saturated heterocycles. The fourth-order valence-electron chi connectivity index (χ4n) is 0.428. The van der Waals surface area contributed by atoms with E-state index >= 15 is 0 Å². The van der Waals surface area contributed by atoms with E-state index < -0.39 is 0 Å². The number of hydrogen-bond donors (Lipinski definition) is 1. The second-order valence-corrected chi connectivity index (χ2v) is 1.85. The predicted molar refractivity (Wildman–Crippen MR) is 41.7 cm³/mol. The normalized spacial score (nSPS) is 7.62. The topological polar surface area (TPSA) is 0 Å². The van der Waals surface area contributed by atoms with Gasteiger partial charge in [-0.25, -0.2) is 0 Å². The molecule has 0 N–H and O–H groups in total. The van der Waals surface area contributed by atoms with Crippen molar-refractivity contribution in [1.82, 2.24) is 0 Å². The quantitative estimate of drug-likeness (QED) is 0.479. The second kappa shape index (κ2) is 4.89. The zero-order valence-corrected chi connectivity index (χ0v) is 8.91. The number of benzene rings is 1. The summed E-state index contributed by atoms with van der Waals surface area (Å²) in [5.41, 5.74) is 0. The molecule has 0 radical (unpaired) electrons. The summed E-state index contributed by atoms with van der Waals surface area (Å²) < 4.78 is 0. The Hall–Kier alpha value is 1.05. The summed E-state index contributed by atoms with van der Waals surface area (Å²) in [5.74, 6) is 0. The van der Waals surface area contributed by atoms with Gasteiger partial charge in [-0.3, -0.25) is 0 Å². The summed E-state index contributed by atoms with van der Waals surface area (Å²) in [5, 5.41) is 0. The zero-order chi connectivity index (χ0) is 5.11. The Morgan fingerprint density at radius 1 is 1.12 bits per heavy atom. The molecular formula is C6H8SSr. The van der Waals surface area contributed by atoms with Crippen molar-refractivity contribution in [2.75, 3.05) is 0 Å². The van der Waals surface area contributed by atoms with Gasteiger partial charge in [0.05, 0.1) is 0 Å². The van der Waals surface area contributed by atoms with Gasteiger partial charge >= 0.3 is 45.5 Å². The Balaban J connectivity index is -0.000000163. The smallest absolute Gasteiger partial charge is 1.00 e. The predicted octanol–water partition coefficient (Wildman–Crippen LogP) is 1.82. The molecule has 0 aliphatic heterocycles. The molecule has 0 nitrogen and oxygen atoms in total. The standard InChI is InChI=1S/C6H6S.Sr.2H/c7-6-4-2-1-3-5-6;;;/h1-5,7H;;;/q;+2;2*-1. The summed E-state index contributed by atoms with van der Waals surface area (Å²) in [7, 11) is 0. The van der Waals surface area contributed by atoms with Crippen LogP contribution in [0.1, 0.15) is 2.85 Å². The molecule has 2 heteroatoms. The summed E-state index contributed by atoms with van der Waals surface area (Å²) in [6, 6.07) is 9.79. The van der Waals surface area contributed by atoms with Crippen LogP contribution in [0.2, 0.25) is 0 Å². The maximum Gasteiger partial charge on any atom is 2.00 e. The molecule has 0 fully saturated rings. The third kappa shape index (κ3) is 3.15. The SMILES string of the molecule is Sc1ccccc1.[H-].[H-].[Sr+2]. The molecule has 8 heavy (non-hydrogen) atoms. The Bertz CT molecular complexity index is 146. The summed E-state index contributed by atoms with van der Waals surface area (Å²) in [4.78, 5) is 1.02. The first kappa shape index (κ1) is 9.05. The van der Waals surface area contributed by atoms with Gasteiger partial charge in [-0.1, -0.05) is 18.2 Å². The molecule has 1 aromatic rings. The first-order valence-corrected chi connectivity index (χ1v) is 2.58. The van der Waals surface area contributed by atoms with Crippen molar-refractivity contribution < 1.29 is 2.85 Å². The van der Waals surface area contributed by atoms with Crippen molar-refractivity contribution in [3.63, 3.8) is 0 Å². The van der Waals surface area contributed by atoms with E-state index in [1.54, 1.807) is 0 Å². The average Bonchev–Trinajstić information content (AvgIpc) is 1.69. The van der Waals surface area contributed by atoms with Gasteiger partial charge in [-0.15, -0.1) is 12.6 Å². The van der Waals surface area contributed by atoms with Gasteiger partial charge in [0.15, 0.2) is 0 Å². The van der Waals surface area contributed by atoms with Gasteiger partial charge in [0, 0.05) is 4.90 Å². The molecule has 1 aromatic carbocycles. The summed E-state index contributed by atoms with van der Waals surface area (Å²) in [6.45, 7) is 0. The van der Waals surface area contributed by atoms with Crippen LogP contribution in [0.4, 0.5) is 0 Å². The van der Waals surface area contributed by atoms with E-state index in [1.807, 2.05) is 30.3 Å². The third-order valence-electron chi connectivity index (χ3n) is 0.756. The molecule has 1 rings (SSSR count). The van der Waals surface area contributed by atoms with Crippen molar-refractivity contribution >= 4 is 58.1 Å². The largest absolute Gasteiger partial charge is 2.00 e. The van der Waals surface area contributed by atoms with E-state index in [-0.39, 0.29) is 48.3 Å². The molecule has 0 aliphatic rings. The van der Waals surface area contributed by atoms with E-state index in [1.165, 1.54) is 0 Å². The molecule has 0 atom stereocenters. The first-order valence-electron chi connectivity index (χ1n) is 2.13. The Morgan fingerprint density at radius 2 is 1.62 bits per heavy atom. The average molecular weight is 200 g/mol. The molecular weight excluding hydrogens is 192 g/mol. The van der Waals surface area contributed by atoms with Crippen LogP contribution < -0.4 is 0 Å². The summed E-state index contributed by atoms with van der Waals surface area (Å²) in [6.07, 6.45) is 0. The van der Waals surface area contributed by atoms with Crippen LogP contribution in [-0.2, 0) is 0 Å². The van der Waals surface area contributed by atoms with Crippen LogP contribution >= 0.6 is 12.6 Å². The van der Waals surface area contributed by atoms with Crippen molar-refractivity contribution in [2.45, 2.75) is 4.90 Å². The molecule has 0 aliphatic carbocycles. The van der Waals surface area contributed by atoms with E-state index in [0.29, 0.717) is 0 Å². The van der Waals surface area contributed by atoms with Crippen molar-refractivity contribution in [1.29, 1.82) is 0 Å². The maximum atomic E-state index is 4.08. The number of thiol groups is 1. The minimum atomic E-state index is 0. The fourth-order valence-corrected chi connectivity index (χ4v) is 0.600. The Morgan fingerprint density at radius 3 is 1.88 bits per heavy atom. The molecule has 0 unspecified atom stereocenters. The van der Waals surface area contributed by atoms with Crippen LogP contribution in [0, 0.1) is 0 Å². The van der Waals surface area contributed by atoms with Gasteiger partial charge in [-0.2, -0.15) is 0 Å². The molecule has 0 bridgehead atoms. The zero-order valence-electron chi connectivity index (χ0n) is 6.54. The molecule has 40 valence electrons. The minimum absolute atomic E-state index is 0. The van der Waals surface area contributed by atoms with Crippen LogP contribution in [0.5, 0.6) is 0 Å². The van der Waals surface area contributed by atoms with Gasteiger partial charge < -0.3 is 2.85 Å². The molecule has 0 heterocycles. The van der Waals surface area contributed by atoms with Crippen LogP contribution in [-0.4, -0.2) is 45.5 Å². The van der Waals surface area contributed by atoms with Crippen molar-refractivity contribution in [3.05, 3.63) is 30.3 Å². The van der Waals surface area contributed by atoms with E-state index in [2.05, 4.69) is 12.6 Å². The Labute approximate surface area is 94.9 Å². The molecule has 0 saturated carbocycles. The third-order valence-corrected chi connectivity index (χ3v) is 1.05. The van der Waals surface area contributed by atoms with Gasteiger partial charge in [0.25, 0.3) is 0 Å². The van der Waals surface area contributed by atoms with Crippen molar-refractivity contribution in [3.8, 4) is 0 Å². The maximum absolute atomic E-state index is 4.08. The van der Waals surface area contributed by atoms with Gasteiger partial charge in [-0.05, 0) is 12.1 Å². The summed E-state index contributed by atoms with van der Waals surface area (Å²) >= 11 is 4.08. The van der Waals surface area contributed by atoms with E-state index in [0.717, 1.165) is 4.90 Å². The molecule has 0 amide bonds. The minimum Gasteiger partial charge on any atom is -1.00 e. The van der Waals surface area contributed by atoms with Crippen LogP contribution in [0.25, 0.3) is 0 Å². The number of rotatable bonds is 0. The first-order chi connectivity index (χ1) is 3.39. The van der Waals surface area contributed by atoms with Gasteiger partial charge in [0.1, 0.15) is 0 Å². The monoisotopic (exact) mass is 200 g/mol. The van der Waals surface area contributed by atoms with E-state index in [4.69, 9.17) is 0 Å². The van der Waals surface area contributed by atoms with E-state index in [9.17, 15) is 0 Å². The molecule has 0 spiro atoms.